The molecule has 0 aliphatic rings. The van der Waals surface area contributed by atoms with Gasteiger partial charge in [-0.1, -0.05) is 39.5 Å². The van der Waals surface area contributed by atoms with Crippen LogP contribution >= 0.6 is 23.2 Å². The molecule has 0 aromatic heterocycles. The van der Waals surface area contributed by atoms with E-state index >= 15 is 0 Å². The monoisotopic (exact) mass is 244 g/mol. The molecule has 0 rings (SSSR count). The third-order valence-corrected chi connectivity index (χ3v) is 1.37. The van der Waals surface area contributed by atoms with Crippen LogP contribution in [0.15, 0.2) is 0 Å². The summed E-state index contributed by atoms with van der Waals surface area (Å²) in [5, 5.41) is 0.194. The first-order valence-corrected chi connectivity index (χ1v) is 6.51. The Labute approximate surface area is 100 Å². The van der Waals surface area contributed by atoms with E-state index < -0.39 is 0 Å². The minimum absolute atomic E-state index is 0.194. The minimum Gasteiger partial charge on any atom is -0.382 e. The SMILES string of the molecule is CCCCCC.CCOCC.ClCCl. The predicted octanol–water partition coefficient (Wildman–Crippen LogP) is 5.05. The summed E-state index contributed by atoms with van der Waals surface area (Å²) >= 11 is 9.53. The largest absolute Gasteiger partial charge is 0.382 e. The van der Waals surface area contributed by atoms with Crippen LogP contribution in [0.25, 0.3) is 0 Å². The van der Waals surface area contributed by atoms with Crippen LogP contribution in [0.2, 0.25) is 0 Å². The van der Waals surface area contributed by atoms with E-state index in [2.05, 4.69) is 13.8 Å². The molecule has 0 saturated heterocycles. The molecule has 0 saturated carbocycles. The number of hydrogen-bond acceptors (Lipinski definition) is 1. The van der Waals surface area contributed by atoms with Gasteiger partial charge in [0, 0.05) is 13.2 Å². The first-order chi connectivity index (χ1) is 6.74. The molecule has 3 heteroatoms. The zero-order valence-corrected chi connectivity index (χ0v) is 11.6. The second-order valence-corrected chi connectivity index (χ2v) is 3.40. The fraction of sp³-hybridized carbons (Fsp3) is 1.00. The zero-order chi connectivity index (χ0) is 11.7. The van der Waals surface area contributed by atoms with Gasteiger partial charge in [0.25, 0.3) is 0 Å². The Morgan fingerprint density at radius 2 is 1.07 bits per heavy atom. The lowest BCUT2D eigenvalue weighted by Crippen LogP contribution is -1.84. The van der Waals surface area contributed by atoms with Gasteiger partial charge in [0.2, 0.25) is 0 Å². The minimum atomic E-state index is 0.194. The zero-order valence-electron chi connectivity index (χ0n) is 10.1. The summed E-state index contributed by atoms with van der Waals surface area (Å²) in [6, 6.07) is 0. The van der Waals surface area contributed by atoms with E-state index in [1.165, 1.54) is 25.7 Å². The molecule has 0 amide bonds. The van der Waals surface area contributed by atoms with Crippen molar-refractivity contribution in [2.24, 2.45) is 0 Å². The van der Waals surface area contributed by atoms with Crippen molar-refractivity contribution in [2.75, 3.05) is 18.6 Å². The maximum Gasteiger partial charge on any atom is 0.0967 e. The first-order valence-electron chi connectivity index (χ1n) is 5.44. The average molecular weight is 245 g/mol. The van der Waals surface area contributed by atoms with Crippen molar-refractivity contribution in [1.82, 2.24) is 0 Å². The lowest BCUT2D eigenvalue weighted by atomic mass is 10.2. The van der Waals surface area contributed by atoms with Crippen molar-refractivity contribution in [1.29, 1.82) is 0 Å². The lowest BCUT2D eigenvalue weighted by Gasteiger charge is -1.86. The number of ether oxygens (including phenoxy) is 1. The highest BCUT2D eigenvalue weighted by Gasteiger charge is 1.75. The number of hydrogen-bond donors (Lipinski definition) is 0. The molecule has 0 N–H and O–H groups in total. The van der Waals surface area contributed by atoms with Crippen LogP contribution in [0.3, 0.4) is 0 Å². The van der Waals surface area contributed by atoms with Crippen LogP contribution in [0, 0.1) is 0 Å². The maximum absolute atomic E-state index is 4.83. The smallest absolute Gasteiger partial charge is 0.0967 e. The summed E-state index contributed by atoms with van der Waals surface area (Å²) in [6.45, 7) is 10.1. The lowest BCUT2D eigenvalue weighted by molar-refractivity contribution is 0.162. The summed E-state index contributed by atoms with van der Waals surface area (Å²) in [7, 11) is 0. The van der Waals surface area contributed by atoms with Gasteiger partial charge in [-0.2, -0.15) is 0 Å². The topological polar surface area (TPSA) is 9.23 Å². The number of rotatable bonds is 5. The summed E-state index contributed by atoms with van der Waals surface area (Å²) in [5.41, 5.74) is 0. The highest BCUT2D eigenvalue weighted by molar-refractivity contribution is 6.40. The van der Waals surface area contributed by atoms with E-state index in [9.17, 15) is 0 Å². The van der Waals surface area contributed by atoms with Gasteiger partial charge < -0.3 is 4.74 Å². The molecule has 1 nitrogen and oxygen atoms in total. The maximum atomic E-state index is 4.83. The second-order valence-electron chi connectivity index (χ2n) is 2.59. The molecular weight excluding hydrogens is 219 g/mol. The molecule has 90 valence electrons. The third kappa shape index (κ3) is 54.4. The van der Waals surface area contributed by atoms with Crippen molar-refractivity contribution in [3.05, 3.63) is 0 Å². The van der Waals surface area contributed by atoms with Gasteiger partial charge in [0.05, 0.1) is 5.34 Å². The fourth-order valence-electron chi connectivity index (χ4n) is 0.704. The number of unbranched alkanes of at least 4 members (excludes halogenated alkanes) is 3. The Morgan fingerprint density at radius 1 is 0.786 bits per heavy atom. The van der Waals surface area contributed by atoms with Crippen LogP contribution in [-0.2, 0) is 4.74 Å². The highest BCUT2D eigenvalue weighted by atomic mass is 35.5. The van der Waals surface area contributed by atoms with Gasteiger partial charge in [-0.25, -0.2) is 0 Å². The quantitative estimate of drug-likeness (QED) is 0.486. The molecule has 0 heterocycles. The third-order valence-electron chi connectivity index (χ3n) is 1.37. The van der Waals surface area contributed by atoms with Gasteiger partial charge in [-0.15, -0.1) is 23.2 Å². The molecule has 0 aromatic carbocycles. The Bertz CT molecular complexity index is 55.2. The van der Waals surface area contributed by atoms with E-state index in [1.807, 2.05) is 13.8 Å². The Morgan fingerprint density at radius 3 is 1.14 bits per heavy atom. The first kappa shape index (κ1) is 20.0. The Kier molecular flexibility index (Phi) is 41.7. The Hall–Kier alpha value is 0.540. The Balaban J connectivity index is -0.000000138. The molecule has 0 aromatic rings. The van der Waals surface area contributed by atoms with Crippen molar-refractivity contribution < 1.29 is 4.74 Å². The van der Waals surface area contributed by atoms with Crippen molar-refractivity contribution in [2.45, 2.75) is 53.4 Å². The molecule has 0 aliphatic heterocycles. The molecule has 0 spiro atoms. The van der Waals surface area contributed by atoms with E-state index in [1.54, 1.807) is 0 Å². The molecule has 14 heavy (non-hydrogen) atoms. The molecule has 0 radical (unpaired) electrons. The molecule has 0 bridgehead atoms. The molecule has 0 fully saturated rings. The molecule has 0 aliphatic carbocycles. The number of alkyl halides is 2. The van der Waals surface area contributed by atoms with Gasteiger partial charge in [-0.05, 0) is 13.8 Å². The second kappa shape index (κ2) is 29.2. The predicted molar refractivity (Wildman–Crippen MR) is 68.6 cm³/mol. The summed E-state index contributed by atoms with van der Waals surface area (Å²) in [4.78, 5) is 0. The van der Waals surface area contributed by atoms with Crippen LogP contribution in [0.4, 0.5) is 0 Å². The number of halogens is 2. The van der Waals surface area contributed by atoms with Crippen LogP contribution in [0.5, 0.6) is 0 Å². The van der Waals surface area contributed by atoms with E-state index in [-0.39, 0.29) is 5.34 Å². The normalized spacial score (nSPS) is 8.14. The average Bonchev–Trinajstić information content (AvgIpc) is 2.18. The van der Waals surface area contributed by atoms with Crippen LogP contribution in [-0.4, -0.2) is 18.6 Å². The molecular formula is C11H26Cl2O. The van der Waals surface area contributed by atoms with E-state index in [4.69, 9.17) is 27.9 Å². The van der Waals surface area contributed by atoms with Crippen molar-refractivity contribution in [3.8, 4) is 0 Å². The standard InChI is InChI=1S/C6H14.C4H10O.CH2Cl2/c1-3-5-6-4-2;1-3-5-4-2;2-1-3/h3-6H2,1-2H3;3-4H2,1-2H3;1H2. The fourth-order valence-corrected chi connectivity index (χ4v) is 0.704. The van der Waals surface area contributed by atoms with Gasteiger partial charge in [0.15, 0.2) is 0 Å². The van der Waals surface area contributed by atoms with Crippen molar-refractivity contribution >= 4 is 23.2 Å². The van der Waals surface area contributed by atoms with E-state index in [0.717, 1.165) is 13.2 Å². The summed E-state index contributed by atoms with van der Waals surface area (Å²) < 4.78 is 4.83. The molecule has 0 unspecified atom stereocenters. The summed E-state index contributed by atoms with van der Waals surface area (Å²) in [6.07, 6.45) is 5.54. The van der Waals surface area contributed by atoms with Crippen molar-refractivity contribution in [3.63, 3.8) is 0 Å². The molecule has 0 atom stereocenters. The van der Waals surface area contributed by atoms with Gasteiger partial charge >= 0.3 is 0 Å². The van der Waals surface area contributed by atoms with E-state index in [0.29, 0.717) is 0 Å². The van der Waals surface area contributed by atoms with Gasteiger partial charge in [-0.3, -0.25) is 0 Å². The van der Waals surface area contributed by atoms with Crippen LogP contribution in [0.1, 0.15) is 53.4 Å². The highest BCUT2D eigenvalue weighted by Crippen LogP contribution is 1.95. The van der Waals surface area contributed by atoms with Crippen LogP contribution < -0.4 is 0 Å². The summed E-state index contributed by atoms with van der Waals surface area (Å²) in [5.74, 6) is 0. The van der Waals surface area contributed by atoms with Gasteiger partial charge in [0.1, 0.15) is 0 Å².